The SMILES string of the molecule is Cn1ccnc1N1CC(S(=O)(=O)F)CC1=O. The van der Waals surface area contributed by atoms with Crippen molar-refractivity contribution in [3.63, 3.8) is 0 Å². The van der Waals surface area contributed by atoms with Crippen molar-refractivity contribution in [1.82, 2.24) is 9.55 Å². The monoisotopic (exact) mass is 247 g/mol. The Kier molecular flexibility index (Phi) is 2.45. The fraction of sp³-hybridized carbons (Fsp3) is 0.500. The summed E-state index contributed by atoms with van der Waals surface area (Å²) in [7, 11) is -3.00. The standard InChI is InChI=1S/C8H10FN3O3S/c1-11-3-2-10-8(11)12-5-6(4-7(12)13)16(9,14)15/h2-3,6H,4-5H2,1H3. The maximum Gasteiger partial charge on any atom is 0.307 e. The molecule has 0 bridgehead atoms. The molecule has 1 aliphatic rings. The Balaban J connectivity index is 2.28. The van der Waals surface area contributed by atoms with Crippen LogP contribution in [0.4, 0.5) is 9.83 Å². The van der Waals surface area contributed by atoms with E-state index in [4.69, 9.17) is 0 Å². The molecule has 1 saturated heterocycles. The van der Waals surface area contributed by atoms with Gasteiger partial charge in [0.05, 0.1) is 0 Å². The summed E-state index contributed by atoms with van der Waals surface area (Å²) in [6, 6.07) is 0. The molecule has 8 heteroatoms. The number of imidazole rings is 1. The third kappa shape index (κ3) is 1.80. The molecule has 1 fully saturated rings. The lowest BCUT2D eigenvalue weighted by Crippen LogP contribution is -2.29. The molecule has 0 N–H and O–H groups in total. The lowest BCUT2D eigenvalue weighted by atomic mass is 10.4. The van der Waals surface area contributed by atoms with Gasteiger partial charge in [-0.3, -0.25) is 9.69 Å². The number of hydrogen-bond acceptors (Lipinski definition) is 4. The Morgan fingerprint density at radius 1 is 1.56 bits per heavy atom. The maximum absolute atomic E-state index is 12.7. The summed E-state index contributed by atoms with van der Waals surface area (Å²) in [5.41, 5.74) is 0. The normalized spacial score (nSPS) is 21.8. The van der Waals surface area contributed by atoms with Crippen molar-refractivity contribution in [2.24, 2.45) is 7.05 Å². The van der Waals surface area contributed by atoms with Crippen molar-refractivity contribution in [3.05, 3.63) is 12.4 Å². The number of amides is 1. The first-order valence-electron chi connectivity index (χ1n) is 4.61. The van der Waals surface area contributed by atoms with E-state index in [1.54, 1.807) is 17.8 Å². The Morgan fingerprint density at radius 2 is 2.25 bits per heavy atom. The average Bonchev–Trinajstić information content (AvgIpc) is 2.70. The zero-order chi connectivity index (χ0) is 11.9. The number of hydrogen-bond donors (Lipinski definition) is 0. The Labute approximate surface area is 91.9 Å². The van der Waals surface area contributed by atoms with Gasteiger partial charge in [-0.25, -0.2) is 4.98 Å². The molecule has 1 atom stereocenters. The topological polar surface area (TPSA) is 72.3 Å². The van der Waals surface area contributed by atoms with Gasteiger partial charge in [0, 0.05) is 32.4 Å². The highest BCUT2D eigenvalue weighted by molar-refractivity contribution is 7.87. The molecule has 88 valence electrons. The van der Waals surface area contributed by atoms with Gasteiger partial charge in [-0.15, -0.1) is 3.89 Å². The van der Waals surface area contributed by atoms with Crippen LogP contribution >= 0.6 is 0 Å². The smallest absolute Gasteiger partial charge is 0.307 e. The minimum absolute atomic E-state index is 0.178. The number of aryl methyl sites for hydroxylation is 1. The van der Waals surface area contributed by atoms with Crippen LogP contribution in [-0.4, -0.2) is 35.7 Å². The second-order valence-electron chi connectivity index (χ2n) is 3.64. The highest BCUT2D eigenvalue weighted by atomic mass is 32.3. The molecule has 0 aromatic carbocycles. The zero-order valence-electron chi connectivity index (χ0n) is 8.50. The van der Waals surface area contributed by atoms with Gasteiger partial charge in [0.2, 0.25) is 11.9 Å². The number of anilines is 1. The van der Waals surface area contributed by atoms with E-state index in [1.807, 2.05) is 0 Å². The van der Waals surface area contributed by atoms with Gasteiger partial charge < -0.3 is 4.57 Å². The van der Waals surface area contributed by atoms with Crippen molar-refractivity contribution in [3.8, 4) is 0 Å². The minimum Gasteiger partial charge on any atom is -0.320 e. The molecule has 1 unspecified atom stereocenters. The van der Waals surface area contributed by atoms with E-state index >= 15 is 0 Å². The van der Waals surface area contributed by atoms with Crippen molar-refractivity contribution in [2.75, 3.05) is 11.4 Å². The van der Waals surface area contributed by atoms with Crippen LogP contribution in [0.15, 0.2) is 12.4 Å². The lowest BCUT2D eigenvalue weighted by Gasteiger charge is -2.14. The van der Waals surface area contributed by atoms with Crippen molar-refractivity contribution in [2.45, 2.75) is 11.7 Å². The average molecular weight is 247 g/mol. The second-order valence-corrected chi connectivity index (χ2v) is 5.26. The molecular weight excluding hydrogens is 237 g/mol. The van der Waals surface area contributed by atoms with Gasteiger partial charge in [-0.2, -0.15) is 8.42 Å². The molecule has 6 nitrogen and oxygen atoms in total. The molecule has 0 spiro atoms. The molecule has 0 radical (unpaired) electrons. The van der Waals surface area contributed by atoms with E-state index in [0.29, 0.717) is 5.95 Å². The van der Waals surface area contributed by atoms with Crippen LogP contribution in [0, 0.1) is 0 Å². The van der Waals surface area contributed by atoms with E-state index in [1.165, 1.54) is 11.1 Å². The van der Waals surface area contributed by atoms with Crippen LogP contribution in [0.3, 0.4) is 0 Å². The van der Waals surface area contributed by atoms with Crippen LogP contribution in [0.25, 0.3) is 0 Å². The van der Waals surface area contributed by atoms with E-state index in [2.05, 4.69) is 4.98 Å². The third-order valence-electron chi connectivity index (χ3n) is 2.52. The molecule has 1 amide bonds. The van der Waals surface area contributed by atoms with E-state index in [0.717, 1.165) is 0 Å². The number of carbonyl (C=O) groups excluding carboxylic acids is 1. The first-order chi connectivity index (χ1) is 7.39. The lowest BCUT2D eigenvalue weighted by molar-refractivity contribution is -0.117. The molecule has 2 heterocycles. The van der Waals surface area contributed by atoms with Gasteiger partial charge in [-0.1, -0.05) is 0 Å². The van der Waals surface area contributed by atoms with Gasteiger partial charge in [0.15, 0.2) is 0 Å². The van der Waals surface area contributed by atoms with Crippen molar-refractivity contribution >= 4 is 22.1 Å². The molecule has 0 saturated carbocycles. The Bertz CT molecular complexity index is 524. The Hall–Kier alpha value is -1.44. The van der Waals surface area contributed by atoms with Crippen LogP contribution in [0.5, 0.6) is 0 Å². The first-order valence-corrected chi connectivity index (χ1v) is 6.05. The summed E-state index contributed by atoms with van der Waals surface area (Å²) in [5.74, 6) is -0.100. The van der Waals surface area contributed by atoms with Crippen LogP contribution in [0.2, 0.25) is 0 Å². The number of carbonyl (C=O) groups is 1. The summed E-state index contributed by atoms with van der Waals surface area (Å²) in [6.45, 7) is -0.178. The van der Waals surface area contributed by atoms with E-state index < -0.39 is 21.4 Å². The number of halogens is 1. The number of rotatable bonds is 2. The highest BCUT2D eigenvalue weighted by Gasteiger charge is 2.40. The molecule has 16 heavy (non-hydrogen) atoms. The fourth-order valence-corrected chi connectivity index (χ4v) is 2.34. The quantitative estimate of drug-likeness (QED) is 0.680. The van der Waals surface area contributed by atoms with Crippen LogP contribution in [0.1, 0.15) is 6.42 Å². The van der Waals surface area contributed by atoms with E-state index in [9.17, 15) is 17.1 Å². The van der Waals surface area contributed by atoms with Gasteiger partial charge in [-0.05, 0) is 0 Å². The first kappa shape index (κ1) is 11.1. The van der Waals surface area contributed by atoms with Crippen LogP contribution < -0.4 is 4.90 Å². The van der Waals surface area contributed by atoms with Gasteiger partial charge in [0.25, 0.3) is 0 Å². The molecular formula is C8H10FN3O3S. The Morgan fingerprint density at radius 3 is 2.69 bits per heavy atom. The zero-order valence-corrected chi connectivity index (χ0v) is 9.32. The highest BCUT2D eigenvalue weighted by Crippen LogP contribution is 2.23. The summed E-state index contributed by atoms with van der Waals surface area (Å²) in [5, 5.41) is -1.28. The third-order valence-corrected chi connectivity index (χ3v) is 3.64. The molecule has 1 aromatic rings. The van der Waals surface area contributed by atoms with Crippen molar-refractivity contribution < 1.29 is 17.1 Å². The summed E-state index contributed by atoms with van der Waals surface area (Å²) < 4.78 is 35.7. The molecule has 2 rings (SSSR count). The largest absolute Gasteiger partial charge is 0.320 e. The van der Waals surface area contributed by atoms with Crippen LogP contribution in [-0.2, 0) is 22.1 Å². The predicted octanol–water partition coefficient (Wildman–Crippen LogP) is -0.175. The van der Waals surface area contributed by atoms with Gasteiger partial charge >= 0.3 is 10.2 Å². The minimum atomic E-state index is -4.67. The van der Waals surface area contributed by atoms with Crippen molar-refractivity contribution in [1.29, 1.82) is 0 Å². The fourth-order valence-electron chi connectivity index (χ4n) is 1.67. The number of aromatic nitrogens is 2. The molecule has 1 aromatic heterocycles. The number of nitrogens with zero attached hydrogens (tertiary/aromatic N) is 3. The summed E-state index contributed by atoms with van der Waals surface area (Å²) >= 11 is 0. The summed E-state index contributed by atoms with van der Waals surface area (Å²) in [6.07, 6.45) is 2.78. The molecule has 1 aliphatic heterocycles. The molecule has 0 aliphatic carbocycles. The maximum atomic E-state index is 12.7. The second kappa shape index (κ2) is 3.55. The van der Waals surface area contributed by atoms with E-state index in [-0.39, 0.29) is 13.0 Å². The summed E-state index contributed by atoms with van der Waals surface area (Å²) in [4.78, 5) is 16.6. The van der Waals surface area contributed by atoms with Gasteiger partial charge in [0.1, 0.15) is 5.25 Å². The predicted molar refractivity (Wildman–Crippen MR) is 54.0 cm³/mol.